The summed E-state index contributed by atoms with van der Waals surface area (Å²) in [5.41, 5.74) is 4.99. The molecule has 37 heavy (non-hydrogen) atoms. The number of likely N-dealkylation sites (N-methyl/N-ethyl adjacent to an activating group) is 1. The fraction of sp³-hybridized carbons (Fsp3) is 0.536. The quantitative estimate of drug-likeness (QED) is 0.501. The van der Waals surface area contributed by atoms with E-state index < -0.39 is 64.4 Å². The number of aromatic hydroxyl groups is 1. The van der Waals surface area contributed by atoms with Gasteiger partial charge >= 0.3 is 0 Å². The van der Waals surface area contributed by atoms with Gasteiger partial charge in [0.05, 0.1) is 17.5 Å². The number of Topliss-reactive ketones (excluding diaryl/α,β-unsaturated/α-hetero) is 4. The minimum Gasteiger partial charge on any atom is -0.507 e. The van der Waals surface area contributed by atoms with Gasteiger partial charge in [-0.1, -0.05) is 26.0 Å². The number of primary amides is 1. The number of allylic oxidation sites excluding steroid dienone is 2. The van der Waals surface area contributed by atoms with Crippen LogP contribution < -0.4 is 5.73 Å². The number of aliphatic hydroxyl groups is 1. The predicted octanol–water partition coefficient (Wildman–Crippen LogP) is 1.32. The summed E-state index contributed by atoms with van der Waals surface area (Å²) in [6.45, 7) is 6.12. The van der Waals surface area contributed by atoms with Crippen LogP contribution >= 0.6 is 0 Å². The summed E-state index contributed by atoms with van der Waals surface area (Å²) in [6.07, 6.45) is 3.18. The molecule has 2 saturated carbocycles. The molecular formula is C28H34N2O7. The summed E-state index contributed by atoms with van der Waals surface area (Å²) in [4.78, 5) is 67.6. The van der Waals surface area contributed by atoms with Gasteiger partial charge in [-0.15, -0.1) is 0 Å². The van der Waals surface area contributed by atoms with Crippen molar-refractivity contribution in [2.24, 2.45) is 35.3 Å². The van der Waals surface area contributed by atoms with Gasteiger partial charge in [0, 0.05) is 5.92 Å². The van der Waals surface area contributed by atoms with Crippen LogP contribution in [0.1, 0.15) is 55.1 Å². The lowest BCUT2D eigenvalue weighted by atomic mass is 9.52. The van der Waals surface area contributed by atoms with E-state index in [4.69, 9.17) is 5.73 Å². The molecule has 0 radical (unpaired) electrons. The van der Waals surface area contributed by atoms with Crippen molar-refractivity contribution in [3.63, 3.8) is 0 Å². The third kappa shape index (κ3) is 3.95. The summed E-state index contributed by atoms with van der Waals surface area (Å²) in [7, 11) is 3.13. The van der Waals surface area contributed by atoms with E-state index in [2.05, 4.69) is 19.9 Å². The van der Waals surface area contributed by atoms with Crippen LogP contribution in [0.25, 0.3) is 5.57 Å². The molecule has 0 bridgehead atoms. The normalized spacial score (nSPS) is 31.9. The number of rotatable bonds is 5. The topological polar surface area (TPSA) is 155 Å². The lowest BCUT2D eigenvalue weighted by molar-refractivity contribution is -0.181. The fourth-order valence-electron chi connectivity index (χ4n) is 6.50. The number of benzene rings is 1. The van der Waals surface area contributed by atoms with Crippen LogP contribution in [0.3, 0.4) is 0 Å². The highest BCUT2D eigenvalue weighted by Gasteiger charge is 2.69. The Labute approximate surface area is 215 Å². The number of carbonyl (C=O) groups excluding carboxylic acids is 5. The second kappa shape index (κ2) is 9.29. The molecule has 0 aliphatic heterocycles. The van der Waals surface area contributed by atoms with Crippen LogP contribution in [-0.4, -0.2) is 69.9 Å². The summed E-state index contributed by atoms with van der Waals surface area (Å²) < 4.78 is 0. The Bertz CT molecular complexity index is 1250. The van der Waals surface area contributed by atoms with E-state index in [-0.39, 0.29) is 24.2 Å². The Morgan fingerprint density at radius 2 is 1.84 bits per heavy atom. The zero-order valence-electron chi connectivity index (χ0n) is 21.8. The first-order chi connectivity index (χ1) is 17.2. The Balaban J connectivity index is 1.85. The first-order valence-electron chi connectivity index (χ1n) is 12.6. The van der Waals surface area contributed by atoms with Crippen molar-refractivity contribution >= 4 is 34.6 Å². The van der Waals surface area contributed by atoms with Crippen molar-refractivity contribution in [1.82, 2.24) is 4.90 Å². The summed E-state index contributed by atoms with van der Waals surface area (Å²) in [6, 6.07) is 2.06. The van der Waals surface area contributed by atoms with Crippen molar-refractivity contribution in [3.05, 3.63) is 34.9 Å². The Kier molecular flexibility index (Phi) is 6.75. The molecule has 1 amide bonds. The van der Waals surface area contributed by atoms with Gasteiger partial charge in [-0.2, -0.15) is 0 Å². The van der Waals surface area contributed by atoms with Crippen molar-refractivity contribution in [2.45, 2.75) is 51.7 Å². The van der Waals surface area contributed by atoms with E-state index in [0.29, 0.717) is 11.5 Å². The molecule has 6 unspecified atom stereocenters. The van der Waals surface area contributed by atoms with Crippen LogP contribution in [0.2, 0.25) is 0 Å². The third-order valence-corrected chi connectivity index (χ3v) is 8.27. The van der Waals surface area contributed by atoms with Gasteiger partial charge in [-0.05, 0) is 74.9 Å². The molecule has 9 heteroatoms. The number of nitrogens with two attached hydrogens (primary N) is 1. The fourth-order valence-corrected chi connectivity index (χ4v) is 6.50. The molecule has 4 N–H and O–H groups in total. The highest BCUT2D eigenvalue weighted by molar-refractivity contribution is 6.32. The SMILES string of the molecule is CC(=CCC(C)C)c1ccc(O)c2c1CC1CC3C(N(C)C)C(=O)C(C(N)=O)C(=O)C3(O)C(=O)C1C2=O. The van der Waals surface area contributed by atoms with E-state index in [9.17, 15) is 34.2 Å². The third-order valence-electron chi connectivity index (χ3n) is 8.27. The van der Waals surface area contributed by atoms with Gasteiger partial charge in [0.1, 0.15) is 5.75 Å². The molecule has 1 aromatic carbocycles. The number of fused-ring (bicyclic) bond motifs is 3. The number of amides is 1. The molecule has 0 saturated heterocycles. The van der Waals surface area contributed by atoms with E-state index >= 15 is 0 Å². The number of phenolic OH excluding ortho intramolecular Hbond substituents is 1. The van der Waals surface area contributed by atoms with Crippen LogP contribution in [0.5, 0.6) is 5.75 Å². The average molecular weight is 511 g/mol. The molecule has 0 aromatic heterocycles. The molecule has 2 fully saturated rings. The Morgan fingerprint density at radius 1 is 1.19 bits per heavy atom. The van der Waals surface area contributed by atoms with Gasteiger partial charge in [0.2, 0.25) is 5.91 Å². The van der Waals surface area contributed by atoms with E-state index in [1.807, 2.05) is 6.92 Å². The van der Waals surface area contributed by atoms with Crippen molar-refractivity contribution in [2.75, 3.05) is 14.1 Å². The van der Waals surface area contributed by atoms with E-state index in [1.165, 1.54) is 11.0 Å². The number of hydrogen-bond acceptors (Lipinski definition) is 8. The zero-order chi connectivity index (χ0) is 27.6. The average Bonchev–Trinajstić information content (AvgIpc) is 2.79. The van der Waals surface area contributed by atoms with Gasteiger partial charge < -0.3 is 15.9 Å². The van der Waals surface area contributed by atoms with Crippen molar-refractivity contribution < 1.29 is 34.2 Å². The molecule has 1 aromatic rings. The van der Waals surface area contributed by atoms with Gasteiger partial charge in [-0.3, -0.25) is 28.9 Å². The monoisotopic (exact) mass is 510 g/mol. The first kappa shape index (κ1) is 26.9. The number of carbonyl (C=O) groups is 5. The highest BCUT2D eigenvalue weighted by Crippen LogP contribution is 2.51. The molecule has 198 valence electrons. The Hall–Kier alpha value is -3.17. The standard InChI is InChI=1S/C28H34N2O7/c1-12(2)6-7-13(3)15-8-9-18(31)20-16(15)10-14-11-17-22(30(4)5)24(33)21(27(29)36)26(35)28(17,37)25(34)19(14)23(20)32/h7-9,12,14,17,19,21-22,31,37H,6,10-11H2,1-5H3,(H2,29,36). The molecule has 4 rings (SSSR count). The van der Waals surface area contributed by atoms with E-state index in [1.54, 1.807) is 20.2 Å². The molecule has 0 spiro atoms. The lowest BCUT2D eigenvalue weighted by Gasteiger charge is -2.52. The Morgan fingerprint density at radius 3 is 2.41 bits per heavy atom. The van der Waals surface area contributed by atoms with Gasteiger partial charge in [-0.25, -0.2) is 0 Å². The van der Waals surface area contributed by atoms with E-state index in [0.717, 1.165) is 17.6 Å². The van der Waals surface area contributed by atoms with Crippen molar-refractivity contribution in [1.29, 1.82) is 0 Å². The van der Waals surface area contributed by atoms with Gasteiger partial charge in [0.25, 0.3) is 0 Å². The second-order valence-electron chi connectivity index (χ2n) is 11.3. The van der Waals surface area contributed by atoms with Crippen LogP contribution in [-0.2, 0) is 25.6 Å². The van der Waals surface area contributed by atoms with Crippen molar-refractivity contribution in [3.8, 4) is 5.75 Å². The van der Waals surface area contributed by atoms with Crippen LogP contribution in [0, 0.1) is 29.6 Å². The number of nitrogens with zero attached hydrogens (tertiary/aromatic N) is 1. The summed E-state index contributed by atoms with van der Waals surface area (Å²) in [5.74, 6) is -9.89. The summed E-state index contributed by atoms with van der Waals surface area (Å²) >= 11 is 0. The largest absolute Gasteiger partial charge is 0.507 e. The summed E-state index contributed by atoms with van der Waals surface area (Å²) in [5, 5.41) is 22.3. The predicted molar refractivity (Wildman–Crippen MR) is 134 cm³/mol. The first-order valence-corrected chi connectivity index (χ1v) is 12.6. The highest BCUT2D eigenvalue weighted by atomic mass is 16.3. The number of phenols is 1. The lowest BCUT2D eigenvalue weighted by Crippen LogP contribution is -2.74. The smallest absolute Gasteiger partial charge is 0.235 e. The maximum atomic E-state index is 13.8. The van der Waals surface area contributed by atoms with Gasteiger partial charge in [0.15, 0.2) is 34.7 Å². The molecular weight excluding hydrogens is 476 g/mol. The van der Waals surface area contributed by atoms with Crippen LogP contribution in [0.4, 0.5) is 0 Å². The maximum absolute atomic E-state index is 13.8. The number of hydrogen-bond donors (Lipinski definition) is 3. The zero-order valence-corrected chi connectivity index (χ0v) is 21.8. The van der Waals surface area contributed by atoms with Crippen LogP contribution in [0.15, 0.2) is 18.2 Å². The maximum Gasteiger partial charge on any atom is 0.235 e. The molecule has 0 heterocycles. The number of ketones is 4. The minimum atomic E-state index is -2.71. The minimum absolute atomic E-state index is 0.0152. The molecule has 3 aliphatic carbocycles. The molecule has 3 aliphatic rings. The molecule has 6 atom stereocenters. The second-order valence-corrected chi connectivity index (χ2v) is 11.3. The molecule has 9 nitrogen and oxygen atoms in total.